The highest BCUT2D eigenvalue weighted by molar-refractivity contribution is 5.03. The molecular weight excluding hydrogens is 174 g/mol. The van der Waals surface area contributed by atoms with Gasteiger partial charge in [-0.15, -0.1) is 0 Å². The molecule has 0 saturated carbocycles. The van der Waals surface area contributed by atoms with Crippen LogP contribution in [0, 0.1) is 17.2 Å². The van der Waals surface area contributed by atoms with Gasteiger partial charge in [0.15, 0.2) is 0 Å². The van der Waals surface area contributed by atoms with Crippen LogP contribution in [0.5, 0.6) is 0 Å². The molecule has 1 heterocycles. The molecule has 2 N–H and O–H groups in total. The lowest BCUT2D eigenvalue weighted by molar-refractivity contribution is 0.110. The second-order valence-electron chi connectivity index (χ2n) is 4.99. The molecule has 1 saturated heterocycles. The first-order chi connectivity index (χ1) is 6.44. The van der Waals surface area contributed by atoms with Crippen LogP contribution in [0.3, 0.4) is 0 Å². The first-order valence-electron chi connectivity index (χ1n) is 5.39. The van der Waals surface area contributed by atoms with Crippen LogP contribution >= 0.6 is 0 Å². The summed E-state index contributed by atoms with van der Waals surface area (Å²) in [5.41, 5.74) is 5.15. The molecule has 0 bridgehead atoms. The first kappa shape index (κ1) is 11.5. The standard InChI is InChI=1S/C11H21N3/c1-9-4-5-10(2)14(6-9)8-11(3,13)7-12/h9-10H,4-6,8,13H2,1-3H3. The summed E-state index contributed by atoms with van der Waals surface area (Å²) in [7, 11) is 0. The summed E-state index contributed by atoms with van der Waals surface area (Å²) in [4.78, 5) is 2.34. The molecule has 3 heteroatoms. The van der Waals surface area contributed by atoms with Crippen molar-refractivity contribution in [1.29, 1.82) is 5.26 Å². The number of hydrogen-bond donors (Lipinski definition) is 1. The Morgan fingerprint density at radius 1 is 1.50 bits per heavy atom. The third-order valence-corrected chi connectivity index (χ3v) is 3.03. The lowest BCUT2D eigenvalue weighted by Gasteiger charge is -2.39. The van der Waals surface area contributed by atoms with E-state index in [0.717, 1.165) is 12.5 Å². The van der Waals surface area contributed by atoms with Crippen molar-refractivity contribution in [2.45, 2.75) is 45.2 Å². The zero-order valence-corrected chi connectivity index (χ0v) is 9.45. The lowest BCUT2D eigenvalue weighted by atomic mass is 9.93. The highest BCUT2D eigenvalue weighted by Crippen LogP contribution is 2.22. The fraction of sp³-hybridized carbons (Fsp3) is 0.909. The van der Waals surface area contributed by atoms with Crippen LogP contribution in [0.25, 0.3) is 0 Å². The quantitative estimate of drug-likeness (QED) is 0.723. The molecule has 1 aliphatic heterocycles. The van der Waals surface area contributed by atoms with Gasteiger partial charge in [-0.05, 0) is 32.6 Å². The Morgan fingerprint density at radius 2 is 2.14 bits per heavy atom. The molecule has 0 aliphatic carbocycles. The number of nitriles is 1. The lowest BCUT2D eigenvalue weighted by Crippen LogP contribution is -2.52. The van der Waals surface area contributed by atoms with Gasteiger partial charge in [0.05, 0.1) is 6.07 Å². The van der Waals surface area contributed by atoms with Gasteiger partial charge in [0.2, 0.25) is 0 Å². The minimum atomic E-state index is -0.703. The molecule has 0 aromatic heterocycles. The van der Waals surface area contributed by atoms with E-state index in [-0.39, 0.29) is 0 Å². The molecule has 0 spiro atoms. The Kier molecular flexibility index (Phi) is 3.52. The molecule has 1 fully saturated rings. The molecule has 1 rings (SSSR count). The van der Waals surface area contributed by atoms with Crippen molar-refractivity contribution in [3.8, 4) is 6.07 Å². The van der Waals surface area contributed by atoms with Gasteiger partial charge in [0.1, 0.15) is 5.54 Å². The van der Waals surface area contributed by atoms with Gasteiger partial charge in [-0.2, -0.15) is 5.26 Å². The second-order valence-corrected chi connectivity index (χ2v) is 4.99. The van der Waals surface area contributed by atoms with E-state index in [2.05, 4.69) is 24.8 Å². The highest BCUT2D eigenvalue weighted by Gasteiger charge is 2.28. The van der Waals surface area contributed by atoms with Gasteiger partial charge in [0.25, 0.3) is 0 Å². The Labute approximate surface area is 86.9 Å². The van der Waals surface area contributed by atoms with Crippen molar-refractivity contribution in [3.63, 3.8) is 0 Å². The number of nitrogens with two attached hydrogens (primary N) is 1. The summed E-state index contributed by atoms with van der Waals surface area (Å²) in [6.45, 7) is 8.06. The summed E-state index contributed by atoms with van der Waals surface area (Å²) < 4.78 is 0. The number of likely N-dealkylation sites (tertiary alicyclic amines) is 1. The average Bonchev–Trinajstić information content (AvgIpc) is 2.11. The second kappa shape index (κ2) is 4.29. The molecule has 0 amide bonds. The summed E-state index contributed by atoms with van der Waals surface area (Å²) in [5.74, 6) is 0.737. The van der Waals surface area contributed by atoms with Crippen LogP contribution in [0.2, 0.25) is 0 Å². The van der Waals surface area contributed by atoms with Crippen molar-refractivity contribution in [2.75, 3.05) is 13.1 Å². The van der Waals surface area contributed by atoms with Gasteiger partial charge in [0, 0.05) is 19.1 Å². The molecular formula is C11H21N3. The van der Waals surface area contributed by atoms with Crippen molar-refractivity contribution >= 4 is 0 Å². The topological polar surface area (TPSA) is 53.0 Å². The predicted molar refractivity (Wildman–Crippen MR) is 57.6 cm³/mol. The van der Waals surface area contributed by atoms with Crippen LogP contribution in [0.4, 0.5) is 0 Å². The molecule has 0 aromatic rings. The van der Waals surface area contributed by atoms with E-state index in [1.165, 1.54) is 12.8 Å². The maximum atomic E-state index is 8.88. The third kappa shape index (κ3) is 2.97. The summed E-state index contributed by atoms with van der Waals surface area (Å²) >= 11 is 0. The van der Waals surface area contributed by atoms with E-state index in [1.807, 2.05) is 0 Å². The molecule has 3 nitrogen and oxygen atoms in total. The van der Waals surface area contributed by atoms with Crippen LogP contribution in [-0.4, -0.2) is 29.6 Å². The van der Waals surface area contributed by atoms with E-state index in [9.17, 15) is 0 Å². The predicted octanol–water partition coefficient (Wildman–Crippen LogP) is 1.35. The van der Waals surface area contributed by atoms with Gasteiger partial charge < -0.3 is 5.73 Å². The molecule has 0 aromatic carbocycles. The number of hydrogen-bond acceptors (Lipinski definition) is 3. The van der Waals surface area contributed by atoms with Crippen molar-refractivity contribution < 1.29 is 0 Å². The molecule has 3 atom stereocenters. The summed E-state index contributed by atoms with van der Waals surface area (Å²) in [6, 6.07) is 2.73. The van der Waals surface area contributed by atoms with Gasteiger partial charge in [-0.1, -0.05) is 6.92 Å². The SMILES string of the molecule is CC1CCC(C)N(CC(C)(N)C#N)C1. The normalized spacial score (nSPS) is 33.4. The van der Waals surface area contributed by atoms with E-state index in [0.29, 0.717) is 12.6 Å². The van der Waals surface area contributed by atoms with Gasteiger partial charge in [-0.25, -0.2) is 0 Å². The van der Waals surface area contributed by atoms with Crippen LogP contribution in [0.15, 0.2) is 0 Å². The molecule has 3 unspecified atom stereocenters. The smallest absolute Gasteiger partial charge is 0.114 e. The zero-order valence-electron chi connectivity index (χ0n) is 9.45. The van der Waals surface area contributed by atoms with Crippen LogP contribution in [0.1, 0.15) is 33.6 Å². The largest absolute Gasteiger partial charge is 0.313 e. The Balaban J connectivity index is 2.54. The molecule has 0 radical (unpaired) electrons. The average molecular weight is 195 g/mol. The minimum absolute atomic E-state index is 0.572. The maximum absolute atomic E-state index is 8.88. The number of rotatable bonds is 2. The highest BCUT2D eigenvalue weighted by atomic mass is 15.2. The third-order valence-electron chi connectivity index (χ3n) is 3.03. The Hall–Kier alpha value is -0.590. The Bertz CT molecular complexity index is 229. The number of piperidine rings is 1. The van der Waals surface area contributed by atoms with Crippen LogP contribution in [-0.2, 0) is 0 Å². The van der Waals surface area contributed by atoms with Crippen molar-refractivity contribution in [3.05, 3.63) is 0 Å². The van der Waals surface area contributed by atoms with E-state index < -0.39 is 5.54 Å². The van der Waals surface area contributed by atoms with E-state index in [1.54, 1.807) is 6.92 Å². The maximum Gasteiger partial charge on any atom is 0.114 e. The Morgan fingerprint density at radius 3 is 2.71 bits per heavy atom. The van der Waals surface area contributed by atoms with Gasteiger partial charge in [-0.3, -0.25) is 4.90 Å². The monoisotopic (exact) mass is 195 g/mol. The fourth-order valence-corrected chi connectivity index (χ4v) is 2.06. The number of nitrogens with zero attached hydrogens (tertiary/aromatic N) is 2. The summed E-state index contributed by atoms with van der Waals surface area (Å²) in [5, 5.41) is 8.88. The summed E-state index contributed by atoms with van der Waals surface area (Å²) in [6.07, 6.45) is 2.52. The van der Waals surface area contributed by atoms with Gasteiger partial charge >= 0.3 is 0 Å². The van der Waals surface area contributed by atoms with Crippen molar-refractivity contribution in [2.24, 2.45) is 11.7 Å². The van der Waals surface area contributed by atoms with E-state index in [4.69, 9.17) is 11.0 Å². The molecule has 14 heavy (non-hydrogen) atoms. The molecule has 80 valence electrons. The molecule has 1 aliphatic rings. The zero-order chi connectivity index (χ0) is 10.8. The first-order valence-corrected chi connectivity index (χ1v) is 5.39. The fourth-order valence-electron chi connectivity index (χ4n) is 2.06. The van der Waals surface area contributed by atoms with E-state index >= 15 is 0 Å². The van der Waals surface area contributed by atoms with Crippen molar-refractivity contribution in [1.82, 2.24) is 4.90 Å². The minimum Gasteiger partial charge on any atom is -0.313 e. The van der Waals surface area contributed by atoms with Crippen LogP contribution < -0.4 is 5.73 Å².